The molecule has 0 spiro atoms. The van der Waals surface area contributed by atoms with Crippen LogP contribution >= 0.6 is 0 Å². The predicted octanol–water partition coefficient (Wildman–Crippen LogP) is 3.40. The van der Waals surface area contributed by atoms with Crippen molar-refractivity contribution in [1.29, 1.82) is 0 Å². The smallest absolute Gasteiger partial charge is 0.181 e. The van der Waals surface area contributed by atoms with Crippen molar-refractivity contribution in [3.63, 3.8) is 0 Å². The molecule has 1 rings (SSSR count). The summed E-state index contributed by atoms with van der Waals surface area (Å²) in [6.07, 6.45) is 4.39. The van der Waals surface area contributed by atoms with Crippen LogP contribution in [0.15, 0.2) is 18.3 Å². The van der Waals surface area contributed by atoms with Gasteiger partial charge in [0.15, 0.2) is 5.78 Å². The van der Waals surface area contributed by atoms with Gasteiger partial charge in [0, 0.05) is 12.6 Å². The van der Waals surface area contributed by atoms with Crippen LogP contribution in [0.25, 0.3) is 0 Å². The van der Waals surface area contributed by atoms with Crippen LogP contribution in [0.5, 0.6) is 0 Å². The largest absolute Gasteiger partial charge is 0.292 e. The Morgan fingerprint density at radius 2 is 2.20 bits per heavy atom. The first-order valence-electron chi connectivity index (χ1n) is 5.55. The van der Waals surface area contributed by atoms with Crippen molar-refractivity contribution in [1.82, 2.24) is 4.98 Å². The summed E-state index contributed by atoms with van der Waals surface area (Å²) in [5, 5.41) is 0. The van der Waals surface area contributed by atoms with E-state index in [0.29, 0.717) is 18.0 Å². The molecule has 0 aliphatic rings. The lowest BCUT2D eigenvalue weighted by Gasteiger charge is -2.03. The summed E-state index contributed by atoms with van der Waals surface area (Å²) < 4.78 is 0. The zero-order valence-electron chi connectivity index (χ0n) is 9.79. The second-order valence-electron chi connectivity index (χ2n) is 4.43. The molecule has 2 nitrogen and oxygen atoms in total. The molecule has 0 N–H and O–H groups in total. The Labute approximate surface area is 91.7 Å². The Morgan fingerprint density at radius 3 is 2.80 bits per heavy atom. The number of aromatic nitrogens is 1. The zero-order valence-corrected chi connectivity index (χ0v) is 9.79. The van der Waals surface area contributed by atoms with Gasteiger partial charge in [0.1, 0.15) is 5.69 Å². The summed E-state index contributed by atoms with van der Waals surface area (Å²) >= 11 is 0. The van der Waals surface area contributed by atoms with E-state index < -0.39 is 0 Å². The third-order valence-corrected chi connectivity index (χ3v) is 2.39. The number of carbonyl (C=O) groups is 1. The number of aryl methyl sites for hydroxylation is 1. The van der Waals surface area contributed by atoms with Crippen LogP contribution in [-0.2, 0) is 0 Å². The van der Waals surface area contributed by atoms with Gasteiger partial charge in [-0.1, -0.05) is 20.3 Å². The van der Waals surface area contributed by atoms with Gasteiger partial charge in [0.2, 0.25) is 0 Å². The number of hydrogen-bond acceptors (Lipinski definition) is 2. The molecule has 2 heteroatoms. The van der Waals surface area contributed by atoms with E-state index in [1.807, 2.05) is 19.1 Å². The Morgan fingerprint density at radius 1 is 1.47 bits per heavy atom. The fourth-order valence-corrected chi connectivity index (χ4v) is 1.49. The van der Waals surface area contributed by atoms with E-state index >= 15 is 0 Å². The summed E-state index contributed by atoms with van der Waals surface area (Å²) in [5.41, 5.74) is 1.70. The normalized spacial score (nSPS) is 10.7. The van der Waals surface area contributed by atoms with Gasteiger partial charge in [0.05, 0.1) is 0 Å². The molecule has 0 radical (unpaired) electrons. The molecule has 1 aromatic heterocycles. The van der Waals surface area contributed by atoms with E-state index in [4.69, 9.17) is 0 Å². The molecule has 0 saturated heterocycles. The maximum absolute atomic E-state index is 11.7. The third kappa shape index (κ3) is 4.24. The average molecular weight is 205 g/mol. The minimum absolute atomic E-state index is 0.166. The molecular weight excluding hydrogens is 186 g/mol. The number of Topliss-reactive ketones (excluding diaryl/α,β-unsaturated/α-hetero) is 1. The molecule has 0 amide bonds. The van der Waals surface area contributed by atoms with Gasteiger partial charge in [0.25, 0.3) is 0 Å². The number of rotatable bonds is 5. The van der Waals surface area contributed by atoms with E-state index in [1.54, 1.807) is 6.20 Å². The van der Waals surface area contributed by atoms with Crippen LogP contribution in [0, 0.1) is 12.8 Å². The molecule has 0 aliphatic heterocycles. The van der Waals surface area contributed by atoms with Crippen LogP contribution in [0.1, 0.15) is 49.2 Å². The topological polar surface area (TPSA) is 30.0 Å². The van der Waals surface area contributed by atoms with Crippen molar-refractivity contribution in [3.8, 4) is 0 Å². The van der Waals surface area contributed by atoms with Crippen LogP contribution in [0.4, 0.5) is 0 Å². The van der Waals surface area contributed by atoms with Crippen molar-refractivity contribution in [2.75, 3.05) is 0 Å². The number of carbonyl (C=O) groups excluding carboxylic acids is 1. The molecule has 15 heavy (non-hydrogen) atoms. The Balaban J connectivity index is 2.47. The highest BCUT2D eigenvalue weighted by Crippen LogP contribution is 2.10. The number of hydrogen-bond donors (Lipinski definition) is 0. The standard InChI is InChI=1S/C13H19NO/c1-10(2)5-4-6-13(15)12-9-11(3)7-8-14-12/h7-10H,4-6H2,1-3H3. The summed E-state index contributed by atoms with van der Waals surface area (Å²) in [4.78, 5) is 15.8. The first-order valence-corrected chi connectivity index (χ1v) is 5.55. The number of pyridine rings is 1. The van der Waals surface area contributed by atoms with E-state index in [-0.39, 0.29) is 5.78 Å². The molecule has 82 valence electrons. The lowest BCUT2D eigenvalue weighted by atomic mass is 10.0. The molecule has 1 aromatic rings. The minimum atomic E-state index is 0.166. The molecule has 1 heterocycles. The Kier molecular flexibility index (Phi) is 4.47. The second kappa shape index (κ2) is 5.64. The first kappa shape index (κ1) is 11.9. The quantitative estimate of drug-likeness (QED) is 0.689. The van der Waals surface area contributed by atoms with Gasteiger partial charge < -0.3 is 0 Å². The zero-order chi connectivity index (χ0) is 11.3. The van der Waals surface area contributed by atoms with Crippen LogP contribution in [0.3, 0.4) is 0 Å². The molecule has 0 fully saturated rings. The van der Waals surface area contributed by atoms with Gasteiger partial charge in [-0.3, -0.25) is 9.78 Å². The third-order valence-electron chi connectivity index (χ3n) is 2.39. The van der Waals surface area contributed by atoms with Gasteiger partial charge >= 0.3 is 0 Å². The first-order chi connectivity index (χ1) is 7.09. The maximum atomic E-state index is 11.7. The Hall–Kier alpha value is -1.18. The fourth-order valence-electron chi connectivity index (χ4n) is 1.49. The molecule has 0 bridgehead atoms. The van der Waals surface area contributed by atoms with Gasteiger partial charge in [-0.2, -0.15) is 0 Å². The Bertz CT molecular complexity index is 331. The molecule has 0 aliphatic carbocycles. The van der Waals surface area contributed by atoms with Crippen molar-refractivity contribution in [2.24, 2.45) is 5.92 Å². The SMILES string of the molecule is Cc1ccnc(C(=O)CCCC(C)C)c1. The highest BCUT2D eigenvalue weighted by atomic mass is 16.1. The number of ketones is 1. The van der Waals surface area contributed by atoms with Gasteiger partial charge in [-0.05, 0) is 37.0 Å². The monoisotopic (exact) mass is 205 g/mol. The summed E-state index contributed by atoms with van der Waals surface area (Å²) in [6, 6.07) is 3.77. The molecule has 0 saturated carbocycles. The fraction of sp³-hybridized carbons (Fsp3) is 0.538. The van der Waals surface area contributed by atoms with Crippen LogP contribution < -0.4 is 0 Å². The van der Waals surface area contributed by atoms with Crippen LogP contribution in [-0.4, -0.2) is 10.8 Å². The van der Waals surface area contributed by atoms with E-state index in [9.17, 15) is 4.79 Å². The second-order valence-corrected chi connectivity index (χ2v) is 4.43. The van der Waals surface area contributed by atoms with Crippen LogP contribution in [0.2, 0.25) is 0 Å². The van der Waals surface area contributed by atoms with Gasteiger partial charge in [-0.15, -0.1) is 0 Å². The summed E-state index contributed by atoms with van der Waals surface area (Å²) in [7, 11) is 0. The predicted molar refractivity (Wildman–Crippen MR) is 62.0 cm³/mol. The van der Waals surface area contributed by atoms with Crippen molar-refractivity contribution in [2.45, 2.75) is 40.0 Å². The summed E-state index contributed by atoms with van der Waals surface area (Å²) in [6.45, 7) is 6.33. The highest BCUT2D eigenvalue weighted by Gasteiger charge is 2.07. The van der Waals surface area contributed by atoms with Gasteiger partial charge in [-0.25, -0.2) is 0 Å². The molecule has 0 atom stereocenters. The van der Waals surface area contributed by atoms with E-state index in [1.165, 1.54) is 0 Å². The highest BCUT2D eigenvalue weighted by molar-refractivity contribution is 5.94. The van der Waals surface area contributed by atoms with E-state index in [2.05, 4.69) is 18.8 Å². The molecule has 0 aromatic carbocycles. The average Bonchev–Trinajstić information content (AvgIpc) is 2.17. The van der Waals surface area contributed by atoms with Crippen molar-refractivity contribution in [3.05, 3.63) is 29.6 Å². The van der Waals surface area contributed by atoms with E-state index in [0.717, 1.165) is 18.4 Å². The summed E-state index contributed by atoms with van der Waals surface area (Å²) in [5.74, 6) is 0.836. The molecular formula is C13H19NO. The number of nitrogens with zero attached hydrogens (tertiary/aromatic N) is 1. The van der Waals surface area contributed by atoms with Crippen molar-refractivity contribution >= 4 is 5.78 Å². The van der Waals surface area contributed by atoms with Crippen molar-refractivity contribution < 1.29 is 4.79 Å². The lowest BCUT2D eigenvalue weighted by Crippen LogP contribution is -2.03. The molecule has 0 unspecified atom stereocenters. The minimum Gasteiger partial charge on any atom is -0.292 e. The maximum Gasteiger partial charge on any atom is 0.181 e. The lowest BCUT2D eigenvalue weighted by molar-refractivity contribution is 0.0973.